The summed E-state index contributed by atoms with van der Waals surface area (Å²) in [6.07, 6.45) is -2.33. The maximum absolute atomic E-state index is 12.5. The predicted molar refractivity (Wildman–Crippen MR) is 79.5 cm³/mol. The highest BCUT2D eigenvalue weighted by molar-refractivity contribution is 5.92. The molecule has 1 aliphatic rings. The Kier molecular flexibility index (Phi) is 6.00. The maximum Gasteiger partial charge on any atom is 0.432 e. The molecule has 1 aromatic rings. The molecule has 0 saturated carbocycles. The van der Waals surface area contributed by atoms with Crippen molar-refractivity contribution in [2.24, 2.45) is 0 Å². The molecule has 1 saturated heterocycles. The van der Waals surface area contributed by atoms with Crippen LogP contribution in [0, 0.1) is 0 Å². The van der Waals surface area contributed by atoms with Gasteiger partial charge in [0.2, 0.25) is 0 Å². The zero-order chi connectivity index (χ0) is 17.7. The number of H-pyrrole nitrogens is 1. The van der Waals surface area contributed by atoms with Crippen LogP contribution < -0.4 is 5.32 Å². The Morgan fingerprint density at radius 1 is 1.54 bits per heavy atom. The lowest BCUT2D eigenvalue weighted by Crippen LogP contribution is -2.50. The number of nitrogens with zero attached hydrogens (tertiary/aromatic N) is 1. The largest absolute Gasteiger partial charge is 0.432 e. The van der Waals surface area contributed by atoms with E-state index >= 15 is 0 Å². The van der Waals surface area contributed by atoms with Gasteiger partial charge in [-0.1, -0.05) is 11.6 Å². The average Bonchev–Trinajstić information content (AvgIpc) is 2.98. The van der Waals surface area contributed by atoms with E-state index in [0.717, 1.165) is 5.57 Å². The molecule has 1 amide bonds. The zero-order valence-electron chi connectivity index (χ0n) is 13.4. The molecule has 0 aromatic carbocycles. The first-order valence-electron chi connectivity index (χ1n) is 7.53. The third-order valence-electron chi connectivity index (χ3n) is 3.53. The number of aromatic amines is 1. The van der Waals surface area contributed by atoms with Gasteiger partial charge in [0, 0.05) is 12.7 Å². The second kappa shape index (κ2) is 7.80. The van der Waals surface area contributed by atoms with Gasteiger partial charge in [-0.2, -0.15) is 18.3 Å². The number of nitrogens with one attached hydrogen (secondary N) is 2. The molecule has 1 aliphatic heterocycles. The van der Waals surface area contributed by atoms with E-state index in [1.807, 2.05) is 25.0 Å². The molecule has 2 heterocycles. The van der Waals surface area contributed by atoms with Crippen molar-refractivity contribution in [2.45, 2.75) is 38.6 Å². The normalized spacial score (nSPS) is 21.4. The van der Waals surface area contributed by atoms with Crippen LogP contribution in [-0.4, -0.2) is 48.1 Å². The van der Waals surface area contributed by atoms with Crippen LogP contribution in [0.3, 0.4) is 0 Å². The van der Waals surface area contributed by atoms with Crippen LogP contribution in [-0.2, 0) is 15.7 Å². The molecule has 134 valence electrons. The van der Waals surface area contributed by atoms with Gasteiger partial charge in [0.05, 0.1) is 25.4 Å². The second-order valence-electron chi connectivity index (χ2n) is 5.76. The maximum atomic E-state index is 12.5. The summed E-state index contributed by atoms with van der Waals surface area (Å²) in [5.74, 6) is -0.701. The Morgan fingerprint density at radius 2 is 2.29 bits per heavy atom. The number of carbonyl (C=O) groups excluding carboxylic acids is 1. The van der Waals surface area contributed by atoms with Crippen molar-refractivity contribution in [3.63, 3.8) is 0 Å². The number of allylic oxidation sites excluding steroid dienone is 1. The Labute approximate surface area is 137 Å². The number of alkyl halides is 3. The highest BCUT2D eigenvalue weighted by Gasteiger charge is 2.34. The fraction of sp³-hybridized carbons (Fsp3) is 0.600. The van der Waals surface area contributed by atoms with E-state index in [1.165, 1.54) is 0 Å². The lowest BCUT2D eigenvalue weighted by Gasteiger charge is -2.31. The molecule has 2 atom stereocenters. The van der Waals surface area contributed by atoms with Crippen molar-refractivity contribution in [3.05, 3.63) is 29.1 Å². The molecule has 1 aromatic heterocycles. The van der Waals surface area contributed by atoms with Gasteiger partial charge in [-0.15, -0.1) is 0 Å². The van der Waals surface area contributed by atoms with Crippen molar-refractivity contribution < 1.29 is 27.4 Å². The highest BCUT2D eigenvalue weighted by Crippen LogP contribution is 2.27. The van der Waals surface area contributed by atoms with Crippen LogP contribution >= 0.6 is 0 Å². The fourth-order valence-electron chi connectivity index (χ4n) is 2.22. The first-order valence-corrected chi connectivity index (χ1v) is 7.53. The van der Waals surface area contributed by atoms with Crippen LogP contribution in [0.1, 0.15) is 36.5 Å². The predicted octanol–water partition coefficient (Wildman–Crippen LogP) is 2.30. The zero-order valence-corrected chi connectivity index (χ0v) is 13.4. The number of rotatable bonds is 5. The molecule has 2 N–H and O–H groups in total. The quantitative estimate of drug-likeness (QED) is 0.802. The second-order valence-corrected chi connectivity index (χ2v) is 5.76. The molecule has 6 nitrogen and oxygen atoms in total. The minimum atomic E-state index is -4.57. The summed E-state index contributed by atoms with van der Waals surface area (Å²) in [7, 11) is 0. The van der Waals surface area contributed by atoms with Crippen molar-refractivity contribution in [2.75, 3.05) is 19.8 Å². The third kappa shape index (κ3) is 5.07. The summed E-state index contributed by atoms with van der Waals surface area (Å²) in [5.41, 5.74) is -0.279. The highest BCUT2D eigenvalue weighted by atomic mass is 19.4. The molecule has 0 unspecified atom stereocenters. The summed E-state index contributed by atoms with van der Waals surface area (Å²) in [4.78, 5) is 12.1. The molecule has 0 spiro atoms. The minimum Gasteiger partial charge on any atom is -0.379 e. The molecule has 0 bridgehead atoms. The number of aromatic nitrogens is 2. The number of amides is 1. The van der Waals surface area contributed by atoms with E-state index in [0.29, 0.717) is 25.7 Å². The van der Waals surface area contributed by atoms with Crippen molar-refractivity contribution >= 4 is 5.91 Å². The SMILES string of the molecule is CC(C)=CCO[C@H]1CCOC[C@H]1NC(=O)c1cc(C(F)(F)F)[nH]n1. The lowest BCUT2D eigenvalue weighted by atomic mass is 10.1. The Bertz CT molecular complexity index is 594. The average molecular weight is 347 g/mol. The van der Waals surface area contributed by atoms with E-state index in [-0.39, 0.29) is 18.4 Å². The molecule has 0 aliphatic carbocycles. The van der Waals surface area contributed by atoms with Gasteiger partial charge < -0.3 is 14.8 Å². The Balaban J connectivity index is 1.97. The summed E-state index contributed by atoms with van der Waals surface area (Å²) in [6, 6.07) is 0.237. The van der Waals surface area contributed by atoms with Crippen LogP contribution in [0.2, 0.25) is 0 Å². The number of ether oxygens (including phenoxy) is 2. The third-order valence-corrected chi connectivity index (χ3v) is 3.53. The van der Waals surface area contributed by atoms with Gasteiger partial charge >= 0.3 is 6.18 Å². The van der Waals surface area contributed by atoms with E-state index in [2.05, 4.69) is 10.4 Å². The van der Waals surface area contributed by atoms with Gasteiger partial charge in [-0.05, 0) is 20.3 Å². The van der Waals surface area contributed by atoms with Crippen molar-refractivity contribution in [1.82, 2.24) is 15.5 Å². The number of hydrogen-bond donors (Lipinski definition) is 2. The smallest absolute Gasteiger partial charge is 0.379 e. The summed E-state index contributed by atoms with van der Waals surface area (Å²) >= 11 is 0. The molecular weight excluding hydrogens is 327 g/mol. The van der Waals surface area contributed by atoms with Gasteiger partial charge in [0.15, 0.2) is 5.69 Å². The monoisotopic (exact) mass is 347 g/mol. The topological polar surface area (TPSA) is 76.2 Å². The minimum absolute atomic E-state index is 0.238. The van der Waals surface area contributed by atoms with Gasteiger partial charge in [0.25, 0.3) is 5.91 Å². The molecule has 1 fully saturated rings. The Morgan fingerprint density at radius 3 is 2.92 bits per heavy atom. The van der Waals surface area contributed by atoms with Crippen LogP contribution in [0.5, 0.6) is 0 Å². The molecular formula is C15H20F3N3O3. The molecule has 24 heavy (non-hydrogen) atoms. The summed E-state index contributed by atoms with van der Waals surface area (Å²) in [5, 5.41) is 7.85. The summed E-state index contributed by atoms with van der Waals surface area (Å²) < 4.78 is 48.7. The van der Waals surface area contributed by atoms with Crippen LogP contribution in [0.4, 0.5) is 13.2 Å². The fourth-order valence-corrected chi connectivity index (χ4v) is 2.22. The van der Waals surface area contributed by atoms with E-state index < -0.39 is 23.8 Å². The number of halogens is 3. The molecule has 0 radical (unpaired) electrons. The van der Waals surface area contributed by atoms with Crippen molar-refractivity contribution in [1.29, 1.82) is 0 Å². The van der Waals surface area contributed by atoms with E-state index in [1.54, 1.807) is 0 Å². The first-order chi connectivity index (χ1) is 11.3. The van der Waals surface area contributed by atoms with Crippen molar-refractivity contribution in [3.8, 4) is 0 Å². The lowest BCUT2D eigenvalue weighted by molar-refractivity contribution is -0.141. The number of carbonyl (C=O) groups is 1. The number of hydrogen-bond acceptors (Lipinski definition) is 4. The van der Waals surface area contributed by atoms with Crippen LogP contribution in [0.25, 0.3) is 0 Å². The van der Waals surface area contributed by atoms with Crippen LogP contribution in [0.15, 0.2) is 17.7 Å². The summed E-state index contributed by atoms with van der Waals surface area (Å²) in [6.45, 7) is 5.04. The van der Waals surface area contributed by atoms with Gasteiger partial charge in [-0.25, -0.2) is 0 Å². The van der Waals surface area contributed by atoms with Gasteiger partial charge in [0.1, 0.15) is 5.69 Å². The molecule has 2 rings (SSSR count). The Hall–Kier alpha value is -1.87. The van der Waals surface area contributed by atoms with Gasteiger partial charge in [-0.3, -0.25) is 9.89 Å². The molecule has 9 heteroatoms. The van der Waals surface area contributed by atoms with E-state index in [9.17, 15) is 18.0 Å². The standard InChI is InChI=1S/C15H20F3N3O3/c1-9(2)3-6-24-12-4-5-23-8-11(12)19-14(22)10-7-13(21-20-10)15(16,17)18/h3,7,11-12H,4-6,8H2,1-2H3,(H,19,22)(H,20,21)/t11-,12+/m1/s1. The first kappa shape index (κ1) is 18.5. The van der Waals surface area contributed by atoms with E-state index in [4.69, 9.17) is 9.47 Å².